The molecule has 2 aromatic rings. The van der Waals surface area contributed by atoms with Crippen LogP contribution in [0.4, 0.5) is 0 Å². The molecule has 0 unspecified atom stereocenters. The van der Waals surface area contributed by atoms with Gasteiger partial charge in [0.25, 0.3) is 0 Å². The van der Waals surface area contributed by atoms with E-state index < -0.39 is 0 Å². The molecule has 0 spiro atoms. The van der Waals surface area contributed by atoms with Crippen LogP contribution in [-0.2, 0) is 0 Å². The van der Waals surface area contributed by atoms with Crippen molar-refractivity contribution in [2.24, 2.45) is 0 Å². The largest absolute Gasteiger partial charge is 0.424 e. The Hall–Kier alpha value is -1.93. The smallest absolute Gasteiger partial charge is 0.321 e. The number of nitriles is 1. The van der Waals surface area contributed by atoms with Gasteiger partial charge in [-0.25, -0.2) is 9.97 Å². The number of ether oxygens (including phenoxy) is 1. The number of nitrogens with zero attached hydrogens (tertiary/aromatic N) is 3. The van der Waals surface area contributed by atoms with Crippen molar-refractivity contribution in [2.75, 3.05) is 0 Å². The Morgan fingerprint density at radius 1 is 1.29 bits per heavy atom. The van der Waals surface area contributed by atoms with Gasteiger partial charge in [0.15, 0.2) is 0 Å². The second-order valence-corrected chi connectivity index (χ2v) is 4.29. The fourth-order valence-electron chi connectivity index (χ4n) is 1.28. The van der Waals surface area contributed by atoms with Gasteiger partial charge >= 0.3 is 6.01 Å². The number of hydrogen-bond donors (Lipinski definition) is 0. The molecule has 0 bridgehead atoms. The van der Waals surface area contributed by atoms with Crippen LogP contribution in [0.25, 0.3) is 0 Å². The summed E-state index contributed by atoms with van der Waals surface area (Å²) in [5, 5.41) is 8.75. The van der Waals surface area contributed by atoms with Crippen LogP contribution in [0.1, 0.15) is 11.1 Å². The predicted molar refractivity (Wildman–Crippen MR) is 65.7 cm³/mol. The lowest BCUT2D eigenvalue weighted by atomic mass is 10.1. The molecule has 2 rings (SSSR count). The molecule has 0 aliphatic carbocycles. The lowest BCUT2D eigenvalue weighted by Crippen LogP contribution is -1.93. The summed E-state index contributed by atoms with van der Waals surface area (Å²) in [7, 11) is 0. The van der Waals surface area contributed by atoms with E-state index in [9.17, 15) is 0 Å². The molecular formula is C12H8BrN3O. The molecular weight excluding hydrogens is 282 g/mol. The molecule has 1 aromatic heterocycles. The quantitative estimate of drug-likeness (QED) is 0.852. The van der Waals surface area contributed by atoms with E-state index in [1.807, 2.05) is 6.92 Å². The average molecular weight is 290 g/mol. The molecule has 1 aromatic carbocycles. The minimum absolute atomic E-state index is 0.279. The van der Waals surface area contributed by atoms with Crippen LogP contribution in [0.5, 0.6) is 11.8 Å². The van der Waals surface area contributed by atoms with Gasteiger partial charge in [-0.2, -0.15) is 5.26 Å². The van der Waals surface area contributed by atoms with Crippen molar-refractivity contribution in [2.45, 2.75) is 6.92 Å². The van der Waals surface area contributed by atoms with E-state index in [1.54, 1.807) is 30.6 Å². The van der Waals surface area contributed by atoms with Crippen molar-refractivity contribution in [3.63, 3.8) is 0 Å². The van der Waals surface area contributed by atoms with Gasteiger partial charge in [0.05, 0.1) is 16.1 Å². The van der Waals surface area contributed by atoms with Gasteiger partial charge in [-0.15, -0.1) is 0 Å². The Balaban J connectivity index is 2.25. The molecule has 0 saturated carbocycles. The fraction of sp³-hybridized carbons (Fsp3) is 0.0833. The molecule has 0 radical (unpaired) electrons. The van der Waals surface area contributed by atoms with E-state index in [4.69, 9.17) is 10.00 Å². The standard InChI is InChI=1S/C12H8BrN3O/c1-8-4-9(5-14)2-3-11(8)17-12-15-6-10(13)7-16-12/h2-4,6-7H,1H3. The van der Waals surface area contributed by atoms with Gasteiger partial charge in [-0.05, 0) is 46.6 Å². The van der Waals surface area contributed by atoms with Gasteiger partial charge in [0.2, 0.25) is 0 Å². The van der Waals surface area contributed by atoms with Crippen molar-refractivity contribution in [1.82, 2.24) is 9.97 Å². The van der Waals surface area contributed by atoms with Crippen molar-refractivity contribution in [3.05, 3.63) is 46.2 Å². The van der Waals surface area contributed by atoms with E-state index in [0.717, 1.165) is 10.0 Å². The first-order valence-corrected chi connectivity index (χ1v) is 5.64. The Morgan fingerprint density at radius 3 is 2.59 bits per heavy atom. The molecule has 0 saturated heterocycles. The van der Waals surface area contributed by atoms with Crippen LogP contribution in [0, 0.1) is 18.3 Å². The zero-order chi connectivity index (χ0) is 12.3. The molecule has 0 fully saturated rings. The van der Waals surface area contributed by atoms with Gasteiger partial charge in [-0.1, -0.05) is 0 Å². The molecule has 0 atom stereocenters. The SMILES string of the molecule is Cc1cc(C#N)ccc1Oc1ncc(Br)cn1. The number of aryl methyl sites for hydroxylation is 1. The molecule has 0 N–H and O–H groups in total. The van der Waals surface area contributed by atoms with Crippen LogP contribution in [0.15, 0.2) is 35.1 Å². The first kappa shape index (κ1) is 11.6. The Kier molecular flexibility index (Phi) is 3.35. The van der Waals surface area contributed by atoms with Crippen molar-refractivity contribution >= 4 is 15.9 Å². The number of hydrogen-bond acceptors (Lipinski definition) is 4. The van der Waals surface area contributed by atoms with E-state index in [1.165, 1.54) is 0 Å². The van der Waals surface area contributed by atoms with Crippen molar-refractivity contribution in [1.29, 1.82) is 5.26 Å². The van der Waals surface area contributed by atoms with Crippen molar-refractivity contribution < 1.29 is 4.74 Å². The van der Waals surface area contributed by atoms with Crippen LogP contribution >= 0.6 is 15.9 Å². The maximum atomic E-state index is 8.75. The van der Waals surface area contributed by atoms with Gasteiger partial charge in [0, 0.05) is 12.4 Å². The summed E-state index contributed by atoms with van der Waals surface area (Å²) in [6.45, 7) is 1.87. The minimum Gasteiger partial charge on any atom is -0.424 e. The highest BCUT2D eigenvalue weighted by molar-refractivity contribution is 9.10. The third kappa shape index (κ3) is 2.80. The van der Waals surface area contributed by atoms with Crippen molar-refractivity contribution in [3.8, 4) is 17.8 Å². The molecule has 0 aliphatic heterocycles. The maximum Gasteiger partial charge on any atom is 0.321 e. The monoisotopic (exact) mass is 289 g/mol. The first-order valence-electron chi connectivity index (χ1n) is 4.85. The Bertz CT molecular complexity index is 575. The zero-order valence-electron chi connectivity index (χ0n) is 9.01. The molecule has 4 nitrogen and oxygen atoms in total. The topological polar surface area (TPSA) is 58.8 Å². The zero-order valence-corrected chi connectivity index (χ0v) is 10.6. The second kappa shape index (κ2) is 4.93. The molecule has 5 heteroatoms. The minimum atomic E-state index is 0.279. The molecule has 0 amide bonds. The summed E-state index contributed by atoms with van der Waals surface area (Å²) in [6, 6.07) is 7.54. The molecule has 1 heterocycles. The summed E-state index contributed by atoms with van der Waals surface area (Å²) in [5.74, 6) is 0.645. The van der Waals surface area contributed by atoms with Gasteiger partial charge in [0.1, 0.15) is 5.75 Å². The average Bonchev–Trinajstić information content (AvgIpc) is 2.34. The Morgan fingerprint density at radius 2 is 2.00 bits per heavy atom. The highest BCUT2D eigenvalue weighted by atomic mass is 79.9. The van der Waals surface area contributed by atoms with E-state index in [2.05, 4.69) is 32.0 Å². The summed E-state index contributed by atoms with van der Waals surface area (Å²) in [6.07, 6.45) is 3.22. The third-order valence-corrected chi connectivity index (χ3v) is 2.51. The number of rotatable bonds is 2. The van der Waals surface area contributed by atoms with E-state index in [-0.39, 0.29) is 6.01 Å². The fourth-order valence-corrected chi connectivity index (χ4v) is 1.49. The second-order valence-electron chi connectivity index (χ2n) is 3.38. The summed E-state index contributed by atoms with van der Waals surface area (Å²) < 4.78 is 6.30. The third-order valence-electron chi connectivity index (χ3n) is 2.10. The number of aromatic nitrogens is 2. The Labute approximate surface area is 107 Å². The lowest BCUT2D eigenvalue weighted by molar-refractivity contribution is 0.438. The normalized spacial score (nSPS) is 9.71. The van der Waals surface area contributed by atoms with Crippen LogP contribution in [-0.4, -0.2) is 9.97 Å². The number of halogens is 1. The van der Waals surface area contributed by atoms with E-state index in [0.29, 0.717) is 11.3 Å². The highest BCUT2D eigenvalue weighted by Crippen LogP contribution is 2.23. The van der Waals surface area contributed by atoms with Crippen LogP contribution < -0.4 is 4.74 Å². The molecule has 17 heavy (non-hydrogen) atoms. The lowest BCUT2D eigenvalue weighted by Gasteiger charge is -2.06. The molecule has 84 valence electrons. The number of benzene rings is 1. The maximum absolute atomic E-state index is 8.75. The molecule has 0 aliphatic rings. The summed E-state index contributed by atoms with van der Waals surface area (Å²) in [5.41, 5.74) is 1.47. The van der Waals surface area contributed by atoms with Crippen LogP contribution in [0.3, 0.4) is 0 Å². The first-order chi connectivity index (χ1) is 8.19. The predicted octanol–water partition coefficient (Wildman–Crippen LogP) is 3.21. The highest BCUT2D eigenvalue weighted by Gasteiger charge is 2.04. The van der Waals surface area contributed by atoms with Crippen LogP contribution in [0.2, 0.25) is 0 Å². The summed E-state index contributed by atoms with van der Waals surface area (Å²) in [4.78, 5) is 8.02. The van der Waals surface area contributed by atoms with E-state index >= 15 is 0 Å². The van der Waals surface area contributed by atoms with Gasteiger partial charge in [-0.3, -0.25) is 0 Å². The summed E-state index contributed by atoms with van der Waals surface area (Å²) >= 11 is 3.25. The van der Waals surface area contributed by atoms with Gasteiger partial charge < -0.3 is 4.74 Å².